The number of nitrogens with one attached hydrogen (secondary N) is 2. The lowest BCUT2D eigenvalue weighted by atomic mass is 10.1. The van der Waals surface area contributed by atoms with Crippen molar-refractivity contribution in [2.75, 3.05) is 32.2 Å². The van der Waals surface area contributed by atoms with Crippen molar-refractivity contribution in [1.82, 2.24) is 4.90 Å². The summed E-state index contributed by atoms with van der Waals surface area (Å²) in [5.41, 5.74) is 8.08. The first-order valence-corrected chi connectivity index (χ1v) is 4.39. The number of rotatable bonds is 2. The molecule has 4 N–H and O–H groups in total. The Morgan fingerprint density at radius 3 is 2.64 bits per heavy atom. The zero-order valence-electron chi connectivity index (χ0n) is 8.76. The van der Waals surface area contributed by atoms with Crippen molar-refractivity contribution in [2.24, 2.45) is 0 Å². The molecule has 0 saturated carbocycles. The van der Waals surface area contributed by atoms with Crippen LogP contribution in [0.3, 0.4) is 0 Å². The fourth-order valence-electron chi connectivity index (χ4n) is 1.22. The first-order valence-electron chi connectivity index (χ1n) is 4.39. The maximum absolute atomic E-state index is 7.86. The molecule has 0 unspecified atom stereocenters. The van der Waals surface area contributed by atoms with Gasteiger partial charge in [0.1, 0.15) is 5.84 Å². The predicted octanol–water partition coefficient (Wildman–Crippen LogP) is 1.44. The molecule has 78 valence electrons. The zero-order chi connectivity index (χ0) is 10.7. The molecular formula is C10H18N4. The standard InChI is InChI=1S/C10H16N4.H2/c1-13-9-5-4-7(11)6-8(9)10(12)14(2)3;/h4-6,12-13H,11H2,1-3H3;1H. The minimum atomic E-state index is 0. The monoisotopic (exact) mass is 194 g/mol. The molecule has 4 nitrogen and oxygen atoms in total. The van der Waals surface area contributed by atoms with Crippen molar-refractivity contribution in [3.8, 4) is 0 Å². The highest BCUT2D eigenvalue weighted by molar-refractivity contribution is 6.01. The number of nitrogens with zero attached hydrogens (tertiary/aromatic N) is 1. The highest BCUT2D eigenvalue weighted by atomic mass is 15.1. The molecule has 0 aliphatic rings. The molecule has 14 heavy (non-hydrogen) atoms. The van der Waals surface area contributed by atoms with Crippen molar-refractivity contribution in [3.05, 3.63) is 23.8 Å². The van der Waals surface area contributed by atoms with Crippen LogP contribution >= 0.6 is 0 Å². The minimum Gasteiger partial charge on any atom is -0.399 e. The summed E-state index contributed by atoms with van der Waals surface area (Å²) in [4.78, 5) is 1.75. The Balaban J connectivity index is 0.00000196. The minimum absolute atomic E-state index is 0. The van der Waals surface area contributed by atoms with Gasteiger partial charge >= 0.3 is 0 Å². The summed E-state index contributed by atoms with van der Waals surface area (Å²) in [6, 6.07) is 5.50. The lowest BCUT2D eigenvalue weighted by molar-refractivity contribution is 0.619. The van der Waals surface area contributed by atoms with Crippen molar-refractivity contribution in [2.45, 2.75) is 0 Å². The maximum Gasteiger partial charge on any atom is 0.129 e. The quantitative estimate of drug-likeness (QED) is 0.379. The first-order chi connectivity index (χ1) is 6.56. The number of hydrogen-bond donors (Lipinski definition) is 3. The van der Waals surface area contributed by atoms with Crippen LogP contribution in [0, 0.1) is 5.41 Å². The van der Waals surface area contributed by atoms with Gasteiger partial charge in [0.15, 0.2) is 0 Å². The summed E-state index contributed by atoms with van der Waals surface area (Å²) in [5.74, 6) is 0.446. The molecule has 0 radical (unpaired) electrons. The summed E-state index contributed by atoms with van der Waals surface area (Å²) in [5, 5.41) is 10.9. The normalized spacial score (nSPS) is 9.64. The van der Waals surface area contributed by atoms with Crippen LogP contribution in [-0.2, 0) is 0 Å². The Morgan fingerprint density at radius 2 is 2.14 bits per heavy atom. The molecule has 0 atom stereocenters. The topological polar surface area (TPSA) is 65.1 Å². The van der Waals surface area contributed by atoms with Crippen molar-refractivity contribution < 1.29 is 1.43 Å². The van der Waals surface area contributed by atoms with Crippen LogP contribution in [-0.4, -0.2) is 31.9 Å². The third-order valence-corrected chi connectivity index (χ3v) is 2.02. The van der Waals surface area contributed by atoms with Crippen LogP contribution in [0.15, 0.2) is 18.2 Å². The van der Waals surface area contributed by atoms with Gasteiger partial charge < -0.3 is 16.0 Å². The molecule has 0 spiro atoms. The zero-order valence-corrected chi connectivity index (χ0v) is 8.76. The summed E-state index contributed by atoms with van der Waals surface area (Å²) in [7, 11) is 5.51. The second-order valence-electron chi connectivity index (χ2n) is 3.30. The van der Waals surface area contributed by atoms with E-state index in [4.69, 9.17) is 11.1 Å². The summed E-state index contributed by atoms with van der Waals surface area (Å²) >= 11 is 0. The number of anilines is 2. The second kappa shape index (κ2) is 4.00. The third kappa shape index (κ3) is 1.96. The Hall–Kier alpha value is -1.71. The highest BCUT2D eigenvalue weighted by Gasteiger charge is 2.08. The van der Waals surface area contributed by atoms with E-state index < -0.39 is 0 Å². The second-order valence-corrected chi connectivity index (χ2v) is 3.30. The number of benzene rings is 1. The van der Waals surface area contributed by atoms with Gasteiger partial charge in [-0.25, -0.2) is 0 Å². The molecule has 0 bridgehead atoms. The number of hydrogen-bond acceptors (Lipinski definition) is 3. The van der Waals surface area contributed by atoms with E-state index in [2.05, 4.69) is 5.32 Å². The smallest absolute Gasteiger partial charge is 0.129 e. The van der Waals surface area contributed by atoms with E-state index in [0.29, 0.717) is 11.5 Å². The molecule has 0 saturated heterocycles. The van der Waals surface area contributed by atoms with Gasteiger partial charge in [0.25, 0.3) is 0 Å². The number of amidine groups is 1. The number of nitrogens with two attached hydrogens (primary N) is 1. The largest absolute Gasteiger partial charge is 0.399 e. The van der Waals surface area contributed by atoms with Gasteiger partial charge in [-0.1, -0.05) is 0 Å². The van der Waals surface area contributed by atoms with Gasteiger partial charge in [0.2, 0.25) is 0 Å². The summed E-state index contributed by atoms with van der Waals surface area (Å²) in [6.45, 7) is 0. The van der Waals surface area contributed by atoms with E-state index >= 15 is 0 Å². The highest BCUT2D eigenvalue weighted by Crippen LogP contribution is 2.19. The molecule has 1 rings (SSSR count). The van der Waals surface area contributed by atoms with Gasteiger partial charge in [-0.15, -0.1) is 0 Å². The van der Waals surface area contributed by atoms with E-state index in [1.807, 2.05) is 33.3 Å². The first kappa shape index (κ1) is 10.4. The van der Waals surface area contributed by atoms with Crippen molar-refractivity contribution in [3.63, 3.8) is 0 Å². The Kier molecular flexibility index (Phi) is 2.96. The van der Waals surface area contributed by atoms with Gasteiger partial charge in [0, 0.05) is 39.5 Å². The van der Waals surface area contributed by atoms with Crippen molar-refractivity contribution in [1.29, 1.82) is 5.41 Å². The molecule has 1 aromatic carbocycles. The predicted molar refractivity (Wildman–Crippen MR) is 63.0 cm³/mol. The Bertz CT molecular complexity index is 349. The van der Waals surface area contributed by atoms with E-state index in [1.54, 1.807) is 11.0 Å². The lowest BCUT2D eigenvalue weighted by Crippen LogP contribution is -2.22. The third-order valence-electron chi connectivity index (χ3n) is 2.02. The molecule has 0 heterocycles. The van der Waals surface area contributed by atoms with E-state index in [0.717, 1.165) is 11.3 Å². The lowest BCUT2D eigenvalue weighted by Gasteiger charge is -2.17. The molecular weight excluding hydrogens is 176 g/mol. The molecule has 0 fully saturated rings. The maximum atomic E-state index is 7.86. The van der Waals surface area contributed by atoms with Gasteiger partial charge in [-0.3, -0.25) is 5.41 Å². The number of nitrogen functional groups attached to an aromatic ring is 1. The van der Waals surface area contributed by atoms with Crippen LogP contribution in [0.25, 0.3) is 0 Å². The SMILES string of the molecule is CNc1ccc(N)cc1C(=N)N(C)C.[HH]. The average Bonchev–Trinajstić information content (AvgIpc) is 2.16. The van der Waals surface area contributed by atoms with E-state index in [9.17, 15) is 0 Å². The van der Waals surface area contributed by atoms with Crippen LogP contribution in [0.5, 0.6) is 0 Å². The van der Waals surface area contributed by atoms with Crippen LogP contribution in [0.1, 0.15) is 6.99 Å². The van der Waals surface area contributed by atoms with Crippen LogP contribution < -0.4 is 11.1 Å². The van der Waals surface area contributed by atoms with Crippen LogP contribution in [0.4, 0.5) is 11.4 Å². The average molecular weight is 194 g/mol. The van der Waals surface area contributed by atoms with Gasteiger partial charge in [-0.2, -0.15) is 0 Å². The molecule has 0 aliphatic carbocycles. The van der Waals surface area contributed by atoms with Gasteiger partial charge in [0.05, 0.1) is 0 Å². The summed E-state index contributed by atoms with van der Waals surface area (Å²) < 4.78 is 0. The molecule has 0 amide bonds. The Morgan fingerprint density at radius 1 is 1.50 bits per heavy atom. The fraction of sp³-hybridized carbons (Fsp3) is 0.300. The Labute approximate surface area is 85.7 Å². The van der Waals surface area contributed by atoms with E-state index in [1.165, 1.54) is 0 Å². The molecule has 0 aliphatic heterocycles. The van der Waals surface area contributed by atoms with Gasteiger partial charge in [-0.05, 0) is 18.2 Å². The van der Waals surface area contributed by atoms with E-state index in [-0.39, 0.29) is 1.43 Å². The van der Waals surface area contributed by atoms with Crippen LogP contribution in [0.2, 0.25) is 0 Å². The molecule has 4 heteroatoms. The molecule has 1 aromatic rings. The van der Waals surface area contributed by atoms with Crippen molar-refractivity contribution >= 4 is 17.2 Å². The fourth-order valence-corrected chi connectivity index (χ4v) is 1.22. The summed E-state index contributed by atoms with van der Waals surface area (Å²) in [6.07, 6.45) is 0. The molecule has 0 aromatic heterocycles.